The van der Waals surface area contributed by atoms with Crippen LogP contribution in [0.2, 0.25) is 0 Å². The Balaban J connectivity index is 1.43. The molecule has 0 radical (unpaired) electrons. The quantitative estimate of drug-likeness (QED) is 0.837. The number of benzene rings is 1. The van der Waals surface area contributed by atoms with Crippen LogP contribution >= 0.6 is 0 Å². The van der Waals surface area contributed by atoms with E-state index in [-0.39, 0.29) is 17.4 Å². The summed E-state index contributed by atoms with van der Waals surface area (Å²) in [6.45, 7) is 5.13. The first-order valence-corrected chi connectivity index (χ1v) is 9.19. The van der Waals surface area contributed by atoms with E-state index in [2.05, 4.69) is 4.90 Å². The molecule has 0 N–H and O–H groups in total. The van der Waals surface area contributed by atoms with E-state index in [0.717, 1.165) is 45.6 Å². The van der Waals surface area contributed by atoms with Crippen LogP contribution in [0.4, 0.5) is 4.39 Å². The Bertz CT molecular complexity index is 608. The van der Waals surface area contributed by atoms with Gasteiger partial charge >= 0.3 is 0 Å². The lowest BCUT2D eigenvalue weighted by atomic mass is 10.1. The Hall–Kier alpha value is -1.95. The van der Waals surface area contributed by atoms with Crippen LogP contribution < -0.4 is 0 Å². The Kier molecular flexibility index (Phi) is 6.02. The van der Waals surface area contributed by atoms with Crippen molar-refractivity contribution in [3.63, 3.8) is 0 Å². The van der Waals surface area contributed by atoms with Gasteiger partial charge in [0.15, 0.2) is 0 Å². The summed E-state index contributed by atoms with van der Waals surface area (Å²) in [6.07, 6.45) is 3.99. The minimum atomic E-state index is -0.470. The molecule has 0 saturated carbocycles. The van der Waals surface area contributed by atoms with Crippen molar-refractivity contribution < 1.29 is 14.0 Å². The number of piperidine rings is 1. The minimum absolute atomic E-state index is 0.135. The zero-order chi connectivity index (χ0) is 17.6. The van der Waals surface area contributed by atoms with Gasteiger partial charge in [0.25, 0.3) is 5.91 Å². The van der Waals surface area contributed by atoms with E-state index in [4.69, 9.17) is 0 Å². The van der Waals surface area contributed by atoms with Crippen molar-refractivity contribution >= 4 is 11.8 Å². The van der Waals surface area contributed by atoms with Gasteiger partial charge in [-0.3, -0.25) is 14.5 Å². The molecular weight excluding hydrogens is 321 g/mol. The number of hydrogen-bond donors (Lipinski definition) is 0. The highest BCUT2D eigenvalue weighted by molar-refractivity contribution is 5.94. The van der Waals surface area contributed by atoms with Crippen LogP contribution in [0.1, 0.15) is 36.0 Å². The van der Waals surface area contributed by atoms with Crippen molar-refractivity contribution in [2.45, 2.75) is 25.7 Å². The highest BCUT2D eigenvalue weighted by Crippen LogP contribution is 2.13. The highest BCUT2D eigenvalue weighted by atomic mass is 19.1. The molecule has 1 aromatic rings. The SMILES string of the molecule is O=C(CCN1CCN(C(=O)c2ccccc2F)CC1)N1CCCCC1. The maximum atomic E-state index is 13.8. The average molecular weight is 347 g/mol. The molecule has 5 nitrogen and oxygen atoms in total. The minimum Gasteiger partial charge on any atom is -0.343 e. The number of likely N-dealkylation sites (tertiary alicyclic amines) is 1. The number of halogens is 1. The van der Waals surface area contributed by atoms with Crippen molar-refractivity contribution in [1.82, 2.24) is 14.7 Å². The number of amides is 2. The summed E-state index contributed by atoms with van der Waals surface area (Å²) in [5, 5.41) is 0. The van der Waals surface area contributed by atoms with Crippen LogP contribution in [0, 0.1) is 5.82 Å². The van der Waals surface area contributed by atoms with Crippen LogP contribution in [-0.4, -0.2) is 72.3 Å². The first kappa shape index (κ1) is 17.9. The number of rotatable bonds is 4. The van der Waals surface area contributed by atoms with E-state index in [1.165, 1.54) is 18.6 Å². The number of nitrogens with zero attached hydrogens (tertiary/aromatic N) is 3. The topological polar surface area (TPSA) is 43.9 Å². The molecule has 2 saturated heterocycles. The normalized spacial score (nSPS) is 19.1. The van der Waals surface area contributed by atoms with E-state index in [1.807, 2.05) is 4.90 Å². The molecular formula is C19H26FN3O2. The van der Waals surface area contributed by atoms with Gasteiger partial charge in [-0.25, -0.2) is 4.39 Å². The van der Waals surface area contributed by atoms with E-state index in [0.29, 0.717) is 19.5 Å². The van der Waals surface area contributed by atoms with Gasteiger partial charge in [-0.15, -0.1) is 0 Å². The van der Waals surface area contributed by atoms with E-state index in [9.17, 15) is 14.0 Å². The number of piperazine rings is 1. The van der Waals surface area contributed by atoms with Crippen molar-refractivity contribution in [3.05, 3.63) is 35.6 Å². The third kappa shape index (κ3) is 4.57. The van der Waals surface area contributed by atoms with Gasteiger partial charge in [0.2, 0.25) is 5.91 Å². The second-order valence-corrected chi connectivity index (χ2v) is 6.81. The van der Waals surface area contributed by atoms with E-state index >= 15 is 0 Å². The Morgan fingerprint density at radius 2 is 1.56 bits per heavy atom. The van der Waals surface area contributed by atoms with Gasteiger partial charge in [0.1, 0.15) is 5.82 Å². The molecule has 0 unspecified atom stereocenters. The molecule has 2 aliphatic rings. The summed E-state index contributed by atoms with van der Waals surface area (Å²) in [7, 11) is 0. The average Bonchev–Trinajstić information content (AvgIpc) is 2.67. The predicted molar refractivity (Wildman–Crippen MR) is 93.8 cm³/mol. The summed E-state index contributed by atoms with van der Waals surface area (Å²) in [4.78, 5) is 30.5. The van der Waals surface area contributed by atoms with Gasteiger partial charge in [-0.1, -0.05) is 12.1 Å². The summed E-state index contributed by atoms with van der Waals surface area (Å²) in [6, 6.07) is 6.11. The molecule has 0 aromatic heterocycles. The molecule has 2 fully saturated rings. The standard InChI is InChI=1S/C19H26FN3O2/c20-17-7-3-2-6-16(17)19(25)23-14-12-21(13-15-23)11-8-18(24)22-9-4-1-5-10-22/h2-3,6-7H,1,4-5,8-15H2. The zero-order valence-corrected chi connectivity index (χ0v) is 14.6. The first-order chi connectivity index (χ1) is 12.1. The summed E-state index contributed by atoms with van der Waals surface area (Å²) < 4.78 is 13.8. The Morgan fingerprint density at radius 1 is 0.880 bits per heavy atom. The van der Waals surface area contributed by atoms with Crippen molar-refractivity contribution in [1.29, 1.82) is 0 Å². The number of carbonyl (C=O) groups is 2. The smallest absolute Gasteiger partial charge is 0.256 e. The fraction of sp³-hybridized carbons (Fsp3) is 0.579. The molecule has 0 bridgehead atoms. The Morgan fingerprint density at radius 3 is 2.24 bits per heavy atom. The van der Waals surface area contributed by atoms with Gasteiger partial charge in [-0.2, -0.15) is 0 Å². The number of hydrogen-bond acceptors (Lipinski definition) is 3. The summed E-state index contributed by atoms with van der Waals surface area (Å²) in [5.41, 5.74) is 0.135. The zero-order valence-electron chi connectivity index (χ0n) is 14.6. The number of carbonyl (C=O) groups excluding carboxylic acids is 2. The van der Waals surface area contributed by atoms with Crippen LogP contribution in [0.25, 0.3) is 0 Å². The van der Waals surface area contributed by atoms with Gasteiger partial charge < -0.3 is 9.80 Å². The van der Waals surface area contributed by atoms with Crippen LogP contribution in [-0.2, 0) is 4.79 Å². The maximum absolute atomic E-state index is 13.8. The fourth-order valence-corrected chi connectivity index (χ4v) is 3.53. The first-order valence-electron chi connectivity index (χ1n) is 9.19. The Labute approximate surface area is 148 Å². The second kappa shape index (κ2) is 8.43. The fourth-order valence-electron chi connectivity index (χ4n) is 3.53. The molecule has 6 heteroatoms. The van der Waals surface area contributed by atoms with Crippen molar-refractivity contribution in [2.75, 3.05) is 45.8 Å². The van der Waals surface area contributed by atoms with Crippen LogP contribution in [0.15, 0.2) is 24.3 Å². The lowest BCUT2D eigenvalue weighted by Gasteiger charge is -2.35. The van der Waals surface area contributed by atoms with Crippen molar-refractivity contribution in [2.24, 2.45) is 0 Å². The molecule has 2 aliphatic heterocycles. The summed E-state index contributed by atoms with van der Waals surface area (Å²) in [5.74, 6) is -0.478. The summed E-state index contributed by atoms with van der Waals surface area (Å²) >= 11 is 0. The molecule has 0 spiro atoms. The molecule has 1 aromatic carbocycles. The monoisotopic (exact) mass is 347 g/mol. The van der Waals surface area contributed by atoms with Crippen LogP contribution in [0.5, 0.6) is 0 Å². The third-order valence-corrected chi connectivity index (χ3v) is 5.11. The lowest BCUT2D eigenvalue weighted by molar-refractivity contribution is -0.132. The van der Waals surface area contributed by atoms with Gasteiger partial charge in [0.05, 0.1) is 5.56 Å². The second-order valence-electron chi connectivity index (χ2n) is 6.81. The van der Waals surface area contributed by atoms with Gasteiger partial charge in [-0.05, 0) is 31.4 Å². The van der Waals surface area contributed by atoms with E-state index in [1.54, 1.807) is 17.0 Å². The third-order valence-electron chi connectivity index (χ3n) is 5.11. The molecule has 136 valence electrons. The predicted octanol–water partition coefficient (Wildman–Crippen LogP) is 1.99. The molecule has 2 heterocycles. The van der Waals surface area contributed by atoms with Crippen LogP contribution in [0.3, 0.4) is 0 Å². The maximum Gasteiger partial charge on any atom is 0.256 e. The highest BCUT2D eigenvalue weighted by Gasteiger charge is 2.24. The van der Waals surface area contributed by atoms with Gasteiger partial charge in [0, 0.05) is 52.2 Å². The molecule has 0 atom stereocenters. The molecule has 25 heavy (non-hydrogen) atoms. The molecule has 0 aliphatic carbocycles. The lowest BCUT2D eigenvalue weighted by Crippen LogP contribution is -2.49. The molecule has 3 rings (SSSR count). The molecule has 2 amide bonds. The largest absolute Gasteiger partial charge is 0.343 e. The van der Waals surface area contributed by atoms with E-state index < -0.39 is 5.82 Å². The van der Waals surface area contributed by atoms with Crippen molar-refractivity contribution in [3.8, 4) is 0 Å².